The van der Waals surface area contributed by atoms with Gasteiger partial charge in [-0.3, -0.25) is 0 Å². The lowest BCUT2D eigenvalue weighted by Crippen LogP contribution is -1.98. The quantitative estimate of drug-likeness (QED) is 0.789. The van der Waals surface area contributed by atoms with Crippen LogP contribution < -0.4 is 4.74 Å². The lowest BCUT2D eigenvalue weighted by atomic mass is 9.97. The first kappa shape index (κ1) is 16.1. The second-order valence-electron chi connectivity index (χ2n) is 4.78. The summed E-state index contributed by atoms with van der Waals surface area (Å²) in [6.45, 7) is 2.66. The minimum Gasteiger partial charge on any atom is -0.494 e. The first-order valence-corrected chi connectivity index (χ1v) is 7.41. The van der Waals surface area contributed by atoms with E-state index in [1.165, 1.54) is 6.08 Å². The predicted octanol–water partition coefficient (Wildman–Crippen LogP) is 4.65. The summed E-state index contributed by atoms with van der Waals surface area (Å²) in [6, 6.07) is 14.5. The van der Waals surface area contributed by atoms with E-state index in [4.69, 9.17) is 21.4 Å². The van der Waals surface area contributed by atoms with Crippen LogP contribution in [0.4, 0.5) is 0 Å². The lowest BCUT2D eigenvalue weighted by Gasteiger charge is -2.11. The van der Waals surface area contributed by atoms with Crippen LogP contribution in [0.1, 0.15) is 24.5 Å². The maximum atomic E-state index is 11.2. The van der Waals surface area contributed by atoms with Crippen molar-refractivity contribution in [2.45, 2.75) is 13.3 Å². The van der Waals surface area contributed by atoms with Gasteiger partial charge in [0, 0.05) is 11.1 Å². The first-order chi connectivity index (χ1) is 10.6. The Morgan fingerprint density at radius 2 is 1.86 bits per heavy atom. The van der Waals surface area contributed by atoms with Crippen LogP contribution in [0.15, 0.2) is 54.6 Å². The van der Waals surface area contributed by atoms with Gasteiger partial charge in [-0.1, -0.05) is 42.8 Å². The average Bonchev–Trinajstić information content (AvgIpc) is 2.50. The van der Waals surface area contributed by atoms with Gasteiger partial charge in [0.25, 0.3) is 0 Å². The number of carboxylic acid groups (broad SMARTS) is 1. The van der Waals surface area contributed by atoms with E-state index in [1.54, 1.807) is 18.2 Å². The molecule has 0 amide bonds. The number of halogens is 1. The van der Waals surface area contributed by atoms with Gasteiger partial charge in [0.2, 0.25) is 0 Å². The van der Waals surface area contributed by atoms with Crippen LogP contribution in [-0.2, 0) is 4.79 Å². The minimum absolute atomic E-state index is 0.562. The molecular weight excluding hydrogens is 300 g/mol. The molecule has 0 unspecified atom stereocenters. The molecule has 3 nitrogen and oxygen atoms in total. The van der Waals surface area contributed by atoms with E-state index in [1.807, 2.05) is 37.3 Å². The summed E-state index contributed by atoms with van der Waals surface area (Å²) in [5.74, 6) is -0.285. The molecule has 2 rings (SSSR count). The van der Waals surface area contributed by atoms with Crippen molar-refractivity contribution in [3.63, 3.8) is 0 Å². The Kier molecular flexibility index (Phi) is 5.61. The Morgan fingerprint density at radius 1 is 1.18 bits per heavy atom. The van der Waals surface area contributed by atoms with Gasteiger partial charge in [0.15, 0.2) is 0 Å². The molecule has 0 aliphatic heterocycles. The number of benzene rings is 2. The Morgan fingerprint density at radius 3 is 2.50 bits per heavy atom. The van der Waals surface area contributed by atoms with Gasteiger partial charge in [0.1, 0.15) is 5.75 Å². The van der Waals surface area contributed by atoms with E-state index in [0.29, 0.717) is 17.2 Å². The molecule has 2 aromatic rings. The van der Waals surface area contributed by atoms with Gasteiger partial charge < -0.3 is 9.84 Å². The van der Waals surface area contributed by atoms with E-state index in [9.17, 15) is 4.79 Å². The highest BCUT2D eigenvalue weighted by Gasteiger charge is 2.09. The summed E-state index contributed by atoms with van der Waals surface area (Å²) in [6.07, 6.45) is 2.10. The van der Waals surface area contributed by atoms with E-state index in [2.05, 4.69) is 0 Å². The molecule has 0 atom stereocenters. The Labute approximate surface area is 134 Å². The zero-order valence-corrected chi connectivity index (χ0v) is 13.0. The van der Waals surface area contributed by atoms with Gasteiger partial charge in [0.05, 0.1) is 6.61 Å². The second-order valence-corrected chi connectivity index (χ2v) is 5.22. The van der Waals surface area contributed by atoms with Crippen molar-refractivity contribution in [3.05, 3.63) is 70.8 Å². The highest BCUT2D eigenvalue weighted by molar-refractivity contribution is 6.30. The van der Waals surface area contributed by atoms with Crippen molar-refractivity contribution < 1.29 is 14.6 Å². The maximum Gasteiger partial charge on any atom is 0.328 e. The summed E-state index contributed by atoms with van der Waals surface area (Å²) in [4.78, 5) is 11.2. The van der Waals surface area contributed by atoms with Crippen LogP contribution in [0.3, 0.4) is 0 Å². The Balaban J connectivity index is 2.44. The van der Waals surface area contributed by atoms with Crippen LogP contribution in [0.2, 0.25) is 5.02 Å². The summed E-state index contributed by atoms with van der Waals surface area (Å²) >= 11 is 6.01. The summed E-state index contributed by atoms with van der Waals surface area (Å²) in [5, 5.41) is 9.71. The van der Waals surface area contributed by atoms with Gasteiger partial charge >= 0.3 is 5.97 Å². The van der Waals surface area contributed by atoms with Gasteiger partial charge in [-0.25, -0.2) is 4.79 Å². The fourth-order valence-corrected chi connectivity index (χ4v) is 2.28. The number of carboxylic acids is 1. The molecule has 4 heteroatoms. The first-order valence-electron chi connectivity index (χ1n) is 7.04. The molecule has 2 aromatic carbocycles. The molecular formula is C18H17ClO3. The fraction of sp³-hybridized carbons (Fsp3) is 0.167. The molecule has 0 aliphatic carbocycles. The third-order valence-electron chi connectivity index (χ3n) is 3.02. The van der Waals surface area contributed by atoms with Crippen molar-refractivity contribution in [1.82, 2.24) is 0 Å². The van der Waals surface area contributed by atoms with Crippen molar-refractivity contribution in [1.29, 1.82) is 0 Å². The van der Waals surface area contributed by atoms with Crippen molar-refractivity contribution >= 4 is 23.1 Å². The van der Waals surface area contributed by atoms with Crippen LogP contribution in [-0.4, -0.2) is 17.7 Å². The lowest BCUT2D eigenvalue weighted by molar-refractivity contribution is -0.131. The SMILES string of the molecule is CCCOc1cccc(/C(=C/C(=O)O)c2cccc(Cl)c2)c1. The monoisotopic (exact) mass is 316 g/mol. The standard InChI is InChI=1S/C18H17ClO3/c1-2-9-22-16-8-4-6-14(11-16)17(12-18(20)21)13-5-3-7-15(19)10-13/h3-8,10-12H,2,9H2,1H3,(H,20,21)/b17-12+. The van der Waals surface area contributed by atoms with Crippen molar-refractivity contribution in [2.75, 3.05) is 6.61 Å². The molecule has 22 heavy (non-hydrogen) atoms. The summed E-state index contributed by atoms with van der Waals surface area (Å²) in [7, 11) is 0. The number of hydrogen-bond donors (Lipinski definition) is 1. The van der Waals surface area contributed by atoms with E-state index >= 15 is 0 Å². The van der Waals surface area contributed by atoms with Gasteiger partial charge in [-0.15, -0.1) is 0 Å². The molecule has 0 fully saturated rings. The maximum absolute atomic E-state index is 11.2. The number of rotatable bonds is 6. The Hall–Kier alpha value is -2.26. The molecule has 0 heterocycles. The zero-order chi connectivity index (χ0) is 15.9. The highest BCUT2D eigenvalue weighted by Crippen LogP contribution is 2.28. The van der Waals surface area contributed by atoms with Crippen LogP contribution >= 0.6 is 11.6 Å². The highest BCUT2D eigenvalue weighted by atomic mass is 35.5. The Bertz CT molecular complexity index is 692. The molecule has 1 N–H and O–H groups in total. The number of ether oxygens (including phenoxy) is 1. The minimum atomic E-state index is -1.00. The van der Waals surface area contributed by atoms with Crippen LogP contribution in [0.25, 0.3) is 5.57 Å². The smallest absolute Gasteiger partial charge is 0.328 e. The third-order valence-corrected chi connectivity index (χ3v) is 3.26. The topological polar surface area (TPSA) is 46.5 Å². The van der Waals surface area contributed by atoms with Crippen molar-refractivity contribution in [3.8, 4) is 5.75 Å². The predicted molar refractivity (Wildman–Crippen MR) is 88.4 cm³/mol. The van der Waals surface area contributed by atoms with Gasteiger partial charge in [-0.05, 0) is 47.4 Å². The molecule has 114 valence electrons. The number of hydrogen-bond acceptors (Lipinski definition) is 2. The molecule has 0 bridgehead atoms. The zero-order valence-electron chi connectivity index (χ0n) is 12.3. The fourth-order valence-electron chi connectivity index (χ4n) is 2.09. The molecule has 0 saturated carbocycles. The molecule has 0 spiro atoms. The number of aliphatic carboxylic acids is 1. The van der Waals surface area contributed by atoms with E-state index in [-0.39, 0.29) is 0 Å². The van der Waals surface area contributed by atoms with E-state index < -0.39 is 5.97 Å². The molecule has 0 aromatic heterocycles. The van der Waals surface area contributed by atoms with Crippen LogP contribution in [0.5, 0.6) is 5.75 Å². The largest absolute Gasteiger partial charge is 0.494 e. The number of carbonyl (C=O) groups is 1. The second kappa shape index (κ2) is 7.66. The third kappa shape index (κ3) is 4.37. The van der Waals surface area contributed by atoms with Crippen LogP contribution in [0, 0.1) is 0 Å². The van der Waals surface area contributed by atoms with Crippen molar-refractivity contribution in [2.24, 2.45) is 0 Å². The molecule has 0 saturated heterocycles. The van der Waals surface area contributed by atoms with E-state index in [0.717, 1.165) is 23.3 Å². The summed E-state index contributed by atoms with van der Waals surface area (Å²) < 4.78 is 5.61. The molecule has 0 aliphatic rings. The van der Waals surface area contributed by atoms with Gasteiger partial charge in [-0.2, -0.15) is 0 Å². The normalized spacial score (nSPS) is 11.3. The average molecular weight is 317 g/mol. The molecule has 0 radical (unpaired) electrons. The summed E-state index contributed by atoms with van der Waals surface area (Å²) in [5.41, 5.74) is 2.12.